The normalized spacial score (nSPS) is 21.0. The Balaban J connectivity index is 1.09. The van der Waals surface area contributed by atoms with Crippen LogP contribution < -0.4 is 0 Å². The van der Waals surface area contributed by atoms with E-state index in [0.717, 1.165) is 73.6 Å². The minimum atomic E-state index is -0.894. The summed E-state index contributed by atoms with van der Waals surface area (Å²) in [6.45, 7) is 0. The van der Waals surface area contributed by atoms with Gasteiger partial charge in [-0.25, -0.2) is 0 Å². The Labute approximate surface area is 494 Å². The van der Waals surface area contributed by atoms with Gasteiger partial charge in [-0.1, -0.05) is 174 Å². The molecular formula is C76H80O8. The molecule has 5 aliphatic rings. The van der Waals surface area contributed by atoms with Crippen molar-refractivity contribution in [2.75, 3.05) is 0 Å². The van der Waals surface area contributed by atoms with Crippen molar-refractivity contribution in [2.45, 2.75) is 176 Å². The van der Waals surface area contributed by atoms with Crippen LogP contribution in [-0.2, 0) is 0 Å². The highest BCUT2D eigenvalue weighted by Gasteiger charge is 2.36. The van der Waals surface area contributed by atoms with Gasteiger partial charge in [-0.15, -0.1) is 0 Å². The second-order valence-corrected chi connectivity index (χ2v) is 25.6. The van der Waals surface area contributed by atoms with Crippen LogP contribution in [0.3, 0.4) is 0 Å². The molecule has 8 bridgehead atoms. The van der Waals surface area contributed by atoms with Gasteiger partial charge in [0.1, 0.15) is 46.0 Å². The maximum atomic E-state index is 12.5. The molecule has 0 radical (unpaired) electrons. The molecule has 0 heterocycles. The molecule has 0 aliphatic heterocycles. The average molecular weight is 1120 g/mol. The van der Waals surface area contributed by atoms with Crippen LogP contribution in [0.1, 0.15) is 265 Å². The van der Waals surface area contributed by atoms with Crippen molar-refractivity contribution in [1.29, 1.82) is 0 Å². The first-order valence-corrected chi connectivity index (χ1v) is 31.6. The fourth-order valence-electron chi connectivity index (χ4n) is 16.0. The zero-order valence-corrected chi connectivity index (χ0v) is 48.2. The van der Waals surface area contributed by atoms with Gasteiger partial charge in [0.05, 0.1) is 0 Å². The highest BCUT2D eigenvalue weighted by atomic mass is 16.3. The van der Waals surface area contributed by atoms with Crippen molar-refractivity contribution in [3.63, 3.8) is 0 Å². The maximum absolute atomic E-state index is 12.5. The zero-order valence-electron chi connectivity index (χ0n) is 48.2. The lowest BCUT2D eigenvalue weighted by Crippen LogP contribution is -2.13. The number of hydrogen-bond acceptors (Lipinski definition) is 8. The molecule has 0 aromatic heterocycles. The van der Waals surface area contributed by atoms with Crippen molar-refractivity contribution in [3.05, 3.63) is 235 Å². The number of phenols is 8. The van der Waals surface area contributed by atoms with E-state index in [1.54, 1.807) is 24.3 Å². The van der Waals surface area contributed by atoms with Gasteiger partial charge in [0.15, 0.2) is 0 Å². The first-order valence-electron chi connectivity index (χ1n) is 31.6. The molecule has 0 spiro atoms. The number of aromatic hydroxyl groups is 8. The lowest BCUT2D eigenvalue weighted by Gasteiger charge is -2.30. The van der Waals surface area contributed by atoms with Crippen molar-refractivity contribution in [2.24, 2.45) is 0 Å². The summed E-state index contributed by atoms with van der Waals surface area (Å²) in [5, 5.41) is 100. The SMILES string of the molecule is Oc1cc(O)c2cc1[C@H](c1ccc(C3CCCCC3)cc1)c1cc(c(O)cc1O)[C@H](c1ccc(C3CCCCC3)cc1)c1cc(c(O)cc1O)[C@H](c1ccc(C3CCCCC3)cc1)c1cc(c(O)cc1O)[C@@H]2c1ccc(C2CCCCC2)cc1. The van der Waals surface area contributed by atoms with Crippen molar-refractivity contribution in [1.82, 2.24) is 0 Å². The molecule has 8 nitrogen and oxygen atoms in total. The molecule has 0 unspecified atom stereocenters. The van der Waals surface area contributed by atoms with Crippen molar-refractivity contribution < 1.29 is 40.9 Å². The topological polar surface area (TPSA) is 162 Å². The van der Waals surface area contributed by atoms with Gasteiger partial charge in [0, 0.05) is 92.4 Å². The van der Waals surface area contributed by atoms with Crippen LogP contribution >= 0.6 is 0 Å². The molecule has 0 saturated heterocycles. The van der Waals surface area contributed by atoms with Crippen LogP contribution in [0.25, 0.3) is 0 Å². The standard InChI is InChI=1S/C76H80O8/c77-65-41-67(79)59-37-57(65)73(53-29-21-49(22-30-53)45-13-5-1-6-14-45)58-38-60(68(80)42-66(58)78)75(55-33-25-51(26-34-55)47-17-9-3-10-18-47)62-40-64(72(84)44-70(62)82)76(56-35-27-52(28-36-56)48-19-11-4-12-20-48)63-39-61(69(81)43-71(63)83)74(59)54-31-23-50(24-32-54)46-15-7-2-8-16-46/h21-48,73-84H,1-20H2/t73-,74+,75-,76+. The van der Waals surface area contributed by atoms with Crippen molar-refractivity contribution in [3.8, 4) is 46.0 Å². The Kier molecular flexibility index (Phi) is 15.6. The van der Waals surface area contributed by atoms with Gasteiger partial charge in [-0.05, 0) is 144 Å². The molecule has 8 N–H and O–H groups in total. The lowest BCUT2D eigenvalue weighted by atomic mass is 9.74. The minimum absolute atomic E-state index is 0.220. The molecule has 84 heavy (non-hydrogen) atoms. The van der Waals surface area contributed by atoms with Gasteiger partial charge in [-0.3, -0.25) is 0 Å². The van der Waals surface area contributed by atoms with Crippen LogP contribution in [0.2, 0.25) is 0 Å². The molecule has 5 aliphatic carbocycles. The third-order valence-corrected chi connectivity index (χ3v) is 20.6. The molecule has 4 fully saturated rings. The average Bonchev–Trinajstić information content (AvgIpc) is 2.11. The Morgan fingerprint density at radius 2 is 0.321 bits per heavy atom. The Morgan fingerprint density at radius 3 is 0.476 bits per heavy atom. The van der Waals surface area contributed by atoms with E-state index in [4.69, 9.17) is 0 Å². The summed E-state index contributed by atoms with van der Waals surface area (Å²) < 4.78 is 0. The summed E-state index contributed by atoms with van der Waals surface area (Å²) in [6.07, 6.45) is 23.1. The van der Waals surface area contributed by atoms with E-state index >= 15 is 0 Å². The summed E-state index contributed by atoms with van der Waals surface area (Å²) in [4.78, 5) is 0. The third kappa shape index (κ3) is 10.7. The van der Waals surface area contributed by atoms with E-state index < -0.39 is 23.7 Å². The molecule has 8 heteroatoms. The molecule has 8 aromatic rings. The zero-order chi connectivity index (χ0) is 57.6. The Hall–Kier alpha value is -7.84. The molecule has 0 amide bonds. The molecule has 8 aromatic carbocycles. The maximum Gasteiger partial charge on any atom is 0.123 e. The molecule has 4 saturated carbocycles. The second kappa shape index (κ2) is 23.7. The molecule has 0 atom stereocenters. The van der Waals surface area contributed by atoms with E-state index in [-0.39, 0.29) is 46.0 Å². The van der Waals surface area contributed by atoms with Gasteiger partial charge < -0.3 is 40.9 Å². The fourth-order valence-corrected chi connectivity index (χ4v) is 16.0. The van der Waals surface area contributed by atoms with Crippen LogP contribution in [0.5, 0.6) is 46.0 Å². The fraction of sp³-hybridized carbons (Fsp3) is 0.368. The van der Waals surface area contributed by atoms with E-state index in [0.29, 0.717) is 68.2 Å². The number of benzene rings is 8. The quantitative estimate of drug-likeness (QED) is 0.0746. The van der Waals surface area contributed by atoms with Crippen LogP contribution in [0.4, 0.5) is 0 Å². The van der Waals surface area contributed by atoms with E-state index in [2.05, 4.69) is 97.1 Å². The largest absolute Gasteiger partial charge is 0.507 e. The summed E-state index contributed by atoms with van der Waals surface area (Å²) in [6, 6.07) is 46.3. The smallest absolute Gasteiger partial charge is 0.123 e. The monoisotopic (exact) mass is 1120 g/mol. The first kappa shape index (κ1) is 55.4. The predicted molar refractivity (Wildman–Crippen MR) is 332 cm³/mol. The second-order valence-electron chi connectivity index (χ2n) is 25.6. The van der Waals surface area contributed by atoms with E-state index in [1.807, 2.05) is 0 Å². The van der Waals surface area contributed by atoms with Crippen LogP contribution in [0.15, 0.2) is 146 Å². The van der Waals surface area contributed by atoms with Gasteiger partial charge in [0.2, 0.25) is 0 Å². The first-order chi connectivity index (χ1) is 40.9. The number of phenolic OH excluding ortho intramolecular Hbond substituents is 8. The van der Waals surface area contributed by atoms with E-state index in [1.165, 1.54) is 124 Å². The molecular weight excluding hydrogens is 1040 g/mol. The molecule has 13 rings (SSSR count). The summed E-state index contributed by atoms with van der Waals surface area (Å²) in [5.41, 5.74) is 10.8. The highest BCUT2D eigenvalue weighted by molar-refractivity contribution is 5.67. The number of fused-ring (bicyclic) bond motifs is 8. The molecule has 432 valence electrons. The Bertz CT molecular complexity index is 3050. The predicted octanol–water partition coefficient (Wildman–Crippen LogP) is 18.6. The minimum Gasteiger partial charge on any atom is -0.507 e. The summed E-state index contributed by atoms with van der Waals surface area (Å²) in [7, 11) is 0. The number of hydrogen-bond donors (Lipinski definition) is 8. The van der Waals surface area contributed by atoms with Gasteiger partial charge in [-0.2, -0.15) is 0 Å². The Morgan fingerprint density at radius 1 is 0.179 bits per heavy atom. The third-order valence-electron chi connectivity index (χ3n) is 20.6. The van der Waals surface area contributed by atoms with Crippen LogP contribution in [-0.4, -0.2) is 40.9 Å². The lowest BCUT2D eigenvalue weighted by molar-refractivity contribution is 0.431. The highest BCUT2D eigenvalue weighted by Crippen LogP contribution is 2.55. The summed E-state index contributed by atoms with van der Waals surface area (Å²) in [5.74, 6) is -3.69. The van der Waals surface area contributed by atoms with Gasteiger partial charge in [0.25, 0.3) is 0 Å². The number of rotatable bonds is 8. The summed E-state index contributed by atoms with van der Waals surface area (Å²) >= 11 is 0. The van der Waals surface area contributed by atoms with Gasteiger partial charge >= 0.3 is 0 Å². The van der Waals surface area contributed by atoms with Crippen LogP contribution in [0, 0.1) is 0 Å². The van der Waals surface area contributed by atoms with E-state index in [9.17, 15) is 40.9 Å². The van der Waals surface area contributed by atoms with Crippen molar-refractivity contribution >= 4 is 0 Å².